The van der Waals surface area contributed by atoms with Gasteiger partial charge in [-0.3, -0.25) is 0 Å². The number of nitrogens with zero attached hydrogens (tertiary/aromatic N) is 2. The summed E-state index contributed by atoms with van der Waals surface area (Å²) < 4.78 is 0. The van der Waals surface area contributed by atoms with Crippen LogP contribution >= 0.6 is 11.6 Å². The number of aliphatic hydroxyl groups is 1. The van der Waals surface area contributed by atoms with Gasteiger partial charge >= 0.3 is 0 Å². The van der Waals surface area contributed by atoms with E-state index in [-0.39, 0.29) is 6.61 Å². The van der Waals surface area contributed by atoms with Crippen LogP contribution in [0.5, 0.6) is 0 Å². The zero-order valence-electron chi connectivity index (χ0n) is 11.7. The molecule has 106 valence electrons. The third-order valence-electron chi connectivity index (χ3n) is 3.11. The van der Waals surface area contributed by atoms with E-state index in [1.807, 2.05) is 38.1 Å². The van der Waals surface area contributed by atoms with Crippen LogP contribution < -0.4 is 5.32 Å². The van der Waals surface area contributed by atoms with Crippen molar-refractivity contribution in [1.82, 2.24) is 9.97 Å². The van der Waals surface area contributed by atoms with Crippen molar-refractivity contribution in [2.45, 2.75) is 33.4 Å². The second-order valence-electron chi connectivity index (χ2n) is 4.59. The number of hydrogen-bond donors (Lipinski definition) is 2. The Labute approximate surface area is 123 Å². The number of rotatable bonds is 5. The number of anilines is 1. The number of nitrogens with one attached hydrogen (secondary N) is 1. The van der Waals surface area contributed by atoms with E-state index in [4.69, 9.17) is 16.7 Å². The summed E-state index contributed by atoms with van der Waals surface area (Å²) in [6, 6.07) is 7.79. The van der Waals surface area contributed by atoms with Gasteiger partial charge in [-0.15, -0.1) is 0 Å². The smallest absolute Gasteiger partial charge is 0.137 e. The molecule has 0 amide bonds. The minimum atomic E-state index is 0.0637. The molecule has 1 aromatic carbocycles. The monoisotopic (exact) mass is 291 g/mol. The molecule has 4 nitrogen and oxygen atoms in total. The zero-order valence-corrected chi connectivity index (χ0v) is 12.4. The highest BCUT2D eigenvalue weighted by molar-refractivity contribution is 6.30. The lowest BCUT2D eigenvalue weighted by atomic mass is 10.1. The fourth-order valence-corrected chi connectivity index (χ4v) is 2.00. The van der Waals surface area contributed by atoms with Crippen LogP contribution in [0, 0.1) is 6.92 Å². The molecular weight excluding hydrogens is 274 g/mol. The molecule has 0 aliphatic rings. The minimum Gasteiger partial charge on any atom is -0.392 e. The summed E-state index contributed by atoms with van der Waals surface area (Å²) in [7, 11) is 0. The molecule has 0 fully saturated rings. The molecule has 2 aromatic rings. The van der Waals surface area contributed by atoms with Crippen molar-refractivity contribution in [3.8, 4) is 0 Å². The molecule has 0 saturated carbocycles. The molecular formula is C15H18ClN3O. The largest absolute Gasteiger partial charge is 0.392 e. The van der Waals surface area contributed by atoms with Crippen LogP contribution in [0.1, 0.15) is 29.4 Å². The van der Waals surface area contributed by atoms with Gasteiger partial charge in [0.15, 0.2) is 0 Å². The van der Waals surface area contributed by atoms with Gasteiger partial charge in [0.1, 0.15) is 16.8 Å². The van der Waals surface area contributed by atoms with Crippen molar-refractivity contribution >= 4 is 17.4 Å². The van der Waals surface area contributed by atoms with E-state index in [9.17, 15) is 0 Å². The molecule has 2 rings (SSSR count). The fourth-order valence-electron chi connectivity index (χ4n) is 1.81. The van der Waals surface area contributed by atoms with Crippen LogP contribution in [0.15, 0.2) is 24.3 Å². The highest BCUT2D eigenvalue weighted by Gasteiger charge is 2.08. The summed E-state index contributed by atoms with van der Waals surface area (Å²) in [6.45, 7) is 4.62. The molecule has 0 saturated heterocycles. The van der Waals surface area contributed by atoms with Gasteiger partial charge in [-0.25, -0.2) is 9.97 Å². The Balaban J connectivity index is 2.11. The standard InChI is InChI=1S/C15H18ClN3O/c1-3-13-18-14(16)10(2)15(19-13)17-8-11-4-6-12(9-20)7-5-11/h4-7,20H,3,8-9H2,1-2H3,(H,17,18,19). The summed E-state index contributed by atoms with van der Waals surface area (Å²) >= 11 is 6.10. The molecule has 0 aliphatic heterocycles. The van der Waals surface area contributed by atoms with E-state index >= 15 is 0 Å². The Hall–Kier alpha value is -1.65. The second kappa shape index (κ2) is 6.68. The van der Waals surface area contributed by atoms with Crippen molar-refractivity contribution in [2.75, 3.05) is 5.32 Å². The van der Waals surface area contributed by atoms with Gasteiger partial charge in [-0.05, 0) is 18.1 Å². The summed E-state index contributed by atoms with van der Waals surface area (Å²) in [5.41, 5.74) is 2.88. The highest BCUT2D eigenvalue weighted by atomic mass is 35.5. The quantitative estimate of drug-likeness (QED) is 0.831. The molecule has 2 N–H and O–H groups in total. The Morgan fingerprint density at radius 3 is 2.40 bits per heavy atom. The van der Waals surface area contributed by atoms with Crippen LogP contribution in [-0.2, 0) is 19.6 Å². The average molecular weight is 292 g/mol. The van der Waals surface area contributed by atoms with Gasteiger partial charge in [0.2, 0.25) is 0 Å². The number of benzene rings is 1. The maximum atomic E-state index is 9.01. The van der Waals surface area contributed by atoms with Crippen molar-refractivity contribution in [3.05, 3.63) is 51.9 Å². The normalized spacial score (nSPS) is 10.6. The summed E-state index contributed by atoms with van der Waals surface area (Å²) in [6.07, 6.45) is 0.750. The molecule has 1 aromatic heterocycles. The lowest BCUT2D eigenvalue weighted by molar-refractivity contribution is 0.282. The summed E-state index contributed by atoms with van der Waals surface area (Å²) in [5.74, 6) is 1.51. The minimum absolute atomic E-state index is 0.0637. The van der Waals surface area contributed by atoms with E-state index in [0.29, 0.717) is 11.7 Å². The van der Waals surface area contributed by atoms with Crippen molar-refractivity contribution in [1.29, 1.82) is 0 Å². The van der Waals surface area contributed by atoms with Gasteiger partial charge < -0.3 is 10.4 Å². The van der Waals surface area contributed by atoms with Crippen LogP contribution in [0.3, 0.4) is 0 Å². The molecule has 20 heavy (non-hydrogen) atoms. The van der Waals surface area contributed by atoms with Gasteiger partial charge in [-0.1, -0.05) is 42.8 Å². The zero-order chi connectivity index (χ0) is 14.5. The number of aliphatic hydroxyl groups excluding tert-OH is 1. The van der Waals surface area contributed by atoms with Crippen LogP contribution in [0.4, 0.5) is 5.82 Å². The first kappa shape index (κ1) is 14.8. The Morgan fingerprint density at radius 1 is 1.15 bits per heavy atom. The molecule has 0 bridgehead atoms. The van der Waals surface area contributed by atoms with E-state index < -0.39 is 0 Å². The van der Waals surface area contributed by atoms with Gasteiger partial charge in [0.25, 0.3) is 0 Å². The number of aromatic nitrogens is 2. The average Bonchev–Trinajstić information content (AvgIpc) is 2.49. The van der Waals surface area contributed by atoms with Crippen LogP contribution in [0.2, 0.25) is 5.15 Å². The Bertz CT molecular complexity index is 584. The fraction of sp³-hybridized carbons (Fsp3) is 0.333. The van der Waals surface area contributed by atoms with Gasteiger partial charge in [-0.2, -0.15) is 0 Å². The number of hydrogen-bond acceptors (Lipinski definition) is 4. The highest BCUT2D eigenvalue weighted by Crippen LogP contribution is 2.20. The predicted octanol–water partition coefficient (Wildman–Crippen LogP) is 3.11. The van der Waals surface area contributed by atoms with E-state index in [1.54, 1.807) is 0 Å². The van der Waals surface area contributed by atoms with E-state index in [2.05, 4.69) is 15.3 Å². The molecule has 1 heterocycles. The Kier molecular flexibility index (Phi) is 4.93. The molecule has 0 unspecified atom stereocenters. The topological polar surface area (TPSA) is 58.0 Å². The third kappa shape index (κ3) is 3.46. The molecule has 0 radical (unpaired) electrons. The van der Waals surface area contributed by atoms with Crippen LogP contribution in [0.25, 0.3) is 0 Å². The maximum absolute atomic E-state index is 9.01. The summed E-state index contributed by atoms with van der Waals surface area (Å²) in [4.78, 5) is 8.67. The lowest BCUT2D eigenvalue weighted by Crippen LogP contribution is -2.07. The second-order valence-corrected chi connectivity index (χ2v) is 4.94. The Morgan fingerprint density at radius 2 is 1.80 bits per heavy atom. The molecule has 5 heteroatoms. The van der Waals surface area contributed by atoms with E-state index in [1.165, 1.54) is 0 Å². The number of halogens is 1. The summed E-state index contributed by atoms with van der Waals surface area (Å²) in [5, 5.41) is 12.8. The SMILES string of the molecule is CCc1nc(Cl)c(C)c(NCc2ccc(CO)cc2)n1. The maximum Gasteiger partial charge on any atom is 0.137 e. The molecule has 0 atom stereocenters. The van der Waals surface area contributed by atoms with Crippen molar-refractivity contribution in [3.63, 3.8) is 0 Å². The van der Waals surface area contributed by atoms with Crippen LogP contribution in [-0.4, -0.2) is 15.1 Å². The first-order valence-electron chi connectivity index (χ1n) is 6.59. The van der Waals surface area contributed by atoms with E-state index in [0.717, 1.165) is 34.8 Å². The van der Waals surface area contributed by atoms with Gasteiger partial charge in [0, 0.05) is 18.5 Å². The van der Waals surface area contributed by atoms with Crippen molar-refractivity contribution < 1.29 is 5.11 Å². The molecule has 0 aliphatic carbocycles. The lowest BCUT2D eigenvalue weighted by Gasteiger charge is -2.11. The molecule has 0 spiro atoms. The first-order chi connectivity index (χ1) is 9.63. The third-order valence-corrected chi connectivity index (χ3v) is 3.48. The number of aryl methyl sites for hydroxylation is 1. The predicted molar refractivity (Wildman–Crippen MR) is 80.8 cm³/mol. The van der Waals surface area contributed by atoms with Crippen molar-refractivity contribution in [2.24, 2.45) is 0 Å². The van der Waals surface area contributed by atoms with Gasteiger partial charge in [0.05, 0.1) is 6.61 Å². The first-order valence-corrected chi connectivity index (χ1v) is 6.97.